The number of rotatable bonds is 7. The molecule has 0 aromatic heterocycles. The Hall–Kier alpha value is -2.33. The van der Waals surface area contributed by atoms with Crippen LogP contribution in [-0.4, -0.2) is 36.0 Å². The van der Waals surface area contributed by atoms with Crippen LogP contribution in [0.25, 0.3) is 0 Å². The molecule has 0 fully saturated rings. The molecule has 2 aromatic carbocycles. The molecule has 0 amide bonds. The first kappa shape index (κ1) is 17.0. The van der Waals surface area contributed by atoms with Crippen molar-refractivity contribution in [3.8, 4) is 11.5 Å². The summed E-state index contributed by atoms with van der Waals surface area (Å²) in [6, 6.07) is 12.2. The number of phenols is 1. The number of hydrogen-bond acceptors (Lipinski definition) is 4. The van der Waals surface area contributed by atoms with Crippen LogP contribution in [0.5, 0.6) is 11.5 Å². The van der Waals surface area contributed by atoms with Crippen LogP contribution in [-0.2, 0) is 6.54 Å². The van der Waals surface area contributed by atoms with Gasteiger partial charge in [0.2, 0.25) is 0 Å². The van der Waals surface area contributed by atoms with E-state index in [2.05, 4.69) is 18.7 Å². The molecule has 0 unspecified atom stereocenters. The second-order valence-electron chi connectivity index (χ2n) is 5.34. The summed E-state index contributed by atoms with van der Waals surface area (Å²) in [4.78, 5) is 14.9. The molecule has 4 heteroatoms. The molecule has 0 heterocycles. The molecule has 122 valence electrons. The first-order chi connectivity index (χ1) is 11.1. The number of benzene rings is 2. The molecular weight excluding hydrogens is 290 g/mol. The van der Waals surface area contributed by atoms with Gasteiger partial charge in [0.25, 0.3) is 0 Å². The molecule has 0 aliphatic carbocycles. The number of carbonyl (C=O) groups excluding carboxylic acids is 1. The summed E-state index contributed by atoms with van der Waals surface area (Å²) in [7, 11) is 1.57. The van der Waals surface area contributed by atoms with Gasteiger partial charge in [-0.2, -0.15) is 0 Å². The third-order valence-corrected chi connectivity index (χ3v) is 3.97. The van der Waals surface area contributed by atoms with Crippen molar-refractivity contribution in [2.45, 2.75) is 20.4 Å². The number of carbonyl (C=O) groups is 1. The minimum atomic E-state index is -0.188. The number of aromatic hydroxyl groups is 1. The number of ether oxygens (including phenoxy) is 1. The fourth-order valence-electron chi connectivity index (χ4n) is 2.54. The molecule has 2 rings (SSSR count). The highest BCUT2D eigenvalue weighted by Crippen LogP contribution is 2.30. The van der Waals surface area contributed by atoms with Gasteiger partial charge in [0.1, 0.15) is 11.5 Å². The van der Waals surface area contributed by atoms with E-state index in [1.807, 2.05) is 18.2 Å². The standard InChI is InChI=1S/C19H23NO3/c1-4-20(5-2)13-15-11-16(17(21)12-18(15)23-3)19(22)14-9-7-6-8-10-14/h6-12,21H,4-5,13H2,1-3H3. The van der Waals surface area contributed by atoms with Crippen LogP contribution in [0.3, 0.4) is 0 Å². The van der Waals surface area contributed by atoms with E-state index in [0.717, 1.165) is 18.7 Å². The van der Waals surface area contributed by atoms with Crippen molar-refractivity contribution in [2.24, 2.45) is 0 Å². The molecule has 0 radical (unpaired) electrons. The average molecular weight is 313 g/mol. The number of phenolic OH excluding ortho intramolecular Hbond substituents is 1. The van der Waals surface area contributed by atoms with Crippen molar-refractivity contribution < 1.29 is 14.6 Å². The predicted octanol–water partition coefficient (Wildman–Crippen LogP) is 3.47. The van der Waals surface area contributed by atoms with E-state index in [0.29, 0.717) is 23.4 Å². The molecule has 0 bridgehead atoms. The molecular formula is C19H23NO3. The Morgan fingerprint density at radius 2 is 1.78 bits per heavy atom. The van der Waals surface area contributed by atoms with Gasteiger partial charge in [0.15, 0.2) is 5.78 Å². The molecule has 0 atom stereocenters. The maximum atomic E-state index is 12.6. The van der Waals surface area contributed by atoms with Crippen LogP contribution in [0, 0.1) is 0 Å². The first-order valence-electron chi connectivity index (χ1n) is 7.82. The number of nitrogens with zero attached hydrogens (tertiary/aromatic N) is 1. The second-order valence-corrected chi connectivity index (χ2v) is 5.34. The normalized spacial score (nSPS) is 10.8. The first-order valence-corrected chi connectivity index (χ1v) is 7.82. The van der Waals surface area contributed by atoms with Gasteiger partial charge in [0, 0.05) is 23.7 Å². The fourth-order valence-corrected chi connectivity index (χ4v) is 2.54. The summed E-state index contributed by atoms with van der Waals surface area (Å²) in [5.41, 5.74) is 1.76. The summed E-state index contributed by atoms with van der Waals surface area (Å²) in [6.07, 6.45) is 0. The number of methoxy groups -OCH3 is 1. The SMILES string of the molecule is CCN(CC)Cc1cc(C(=O)c2ccccc2)c(O)cc1OC. The molecule has 1 N–H and O–H groups in total. The van der Waals surface area contributed by atoms with Crippen LogP contribution in [0.1, 0.15) is 35.3 Å². The van der Waals surface area contributed by atoms with E-state index in [9.17, 15) is 9.90 Å². The van der Waals surface area contributed by atoms with Gasteiger partial charge < -0.3 is 9.84 Å². The Balaban J connectivity index is 2.42. The van der Waals surface area contributed by atoms with Crippen molar-refractivity contribution in [1.29, 1.82) is 0 Å². The highest BCUT2D eigenvalue weighted by atomic mass is 16.5. The minimum absolute atomic E-state index is 0.0565. The highest BCUT2D eigenvalue weighted by Gasteiger charge is 2.18. The third-order valence-electron chi connectivity index (χ3n) is 3.97. The second kappa shape index (κ2) is 7.79. The maximum absolute atomic E-state index is 12.6. The molecule has 2 aromatic rings. The van der Waals surface area contributed by atoms with Crippen LogP contribution in [0.4, 0.5) is 0 Å². The Morgan fingerprint density at radius 1 is 1.13 bits per heavy atom. The van der Waals surface area contributed by atoms with Crippen molar-refractivity contribution in [2.75, 3.05) is 20.2 Å². The summed E-state index contributed by atoms with van der Waals surface area (Å²) in [5, 5.41) is 10.2. The zero-order chi connectivity index (χ0) is 16.8. The van der Waals surface area contributed by atoms with Crippen LogP contribution in [0.15, 0.2) is 42.5 Å². The predicted molar refractivity (Wildman–Crippen MR) is 91.2 cm³/mol. The van der Waals surface area contributed by atoms with E-state index in [1.54, 1.807) is 25.3 Å². The molecule has 0 spiro atoms. The average Bonchev–Trinajstić information content (AvgIpc) is 2.60. The Bertz CT molecular complexity index is 664. The number of ketones is 1. The topological polar surface area (TPSA) is 49.8 Å². The molecule has 0 aliphatic rings. The lowest BCUT2D eigenvalue weighted by molar-refractivity contribution is 0.103. The monoisotopic (exact) mass is 313 g/mol. The third kappa shape index (κ3) is 3.90. The zero-order valence-electron chi connectivity index (χ0n) is 13.9. The maximum Gasteiger partial charge on any atom is 0.196 e. The minimum Gasteiger partial charge on any atom is -0.507 e. The molecule has 4 nitrogen and oxygen atoms in total. The zero-order valence-corrected chi connectivity index (χ0v) is 13.9. The summed E-state index contributed by atoms with van der Waals surface area (Å²) in [6.45, 7) is 6.66. The van der Waals surface area contributed by atoms with E-state index in [4.69, 9.17) is 4.74 Å². The van der Waals surface area contributed by atoms with Crippen molar-refractivity contribution >= 4 is 5.78 Å². The van der Waals surface area contributed by atoms with Crippen molar-refractivity contribution in [3.63, 3.8) is 0 Å². The number of hydrogen-bond donors (Lipinski definition) is 1. The van der Waals surface area contributed by atoms with Gasteiger partial charge in [-0.1, -0.05) is 44.2 Å². The Labute approximate surface area is 137 Å². The van der Waals surface area contributed by atoms with Gasteiger partial charge in [-0.3, -0.25) is 9.69 Å². The quantitative estimate of drug-likeness (QED) is 0.795. The van der Waals surface area contributed by atoms with Crippen molar-refractivity contribution in [3.05, 3.63) is 59.2 Å². The van der Waals surface area contributed by atoms with E-state index in [-0.39, 0.29) is 11.5 Å². The van der Waals surface area contributed by atoms with E-state index >= 15 is 0 Å². The lowest BCUT2D eigenvalue weighted by atomic mass is 9.99. The lowest BCUT2D eigenvalue weighted by Crippen LogP contribution is -2.22. The highest BCUT2D eigenvalue weighted by molar-refractivity contribution is 6.10. The van der Waals surface area contributed by atoms with Gasteiger partial charge in [-0.15, -0.1) is 0 Å². The van der Waals surface area contributed by atoms with Gasteiger partial charge in [-0.05, 0) is 19.2 Å². The van der Waals surface area contributed by atoms with Crippen molar-refractivity contribution in [1.82, 2.24) is 4.90 Å². The molecule has 0 saturated heterocycles. The van der Waals surface area contributed by atoms with Gasteiger partial charge in [0.05, 0.1) is 12.7 Å². The Kier molecular flexibility index (Phi) is 5.77. The van der Waals surface area contributed by atoms with Gasteiger partial charge >= 0.3 is 0 Å². The Morgan fingerprint density at radius 3 is 2.35 bits per heavy atom. The molecule has 23 heavy (non-hydrogen) atoms. The summed E-state index contributed by atoms with van der Waals surface area (Å²) in [5.74, 6) is 0.351. The van der Waals surface area contributed by atoms with Gasteiger partial charge in [-0.25, -0.2) is 0 Å². The summed E-state index contributed by atoms with van der Waals surface area (Å²) >= 11 is 0. The molecule has 0 saturated carbocycles. The van der Waals surface area contributed by atoms with E-state index in [1.165, 1.54) is 6.07 Å². The lowest BCUT2D eigenvalue weighted by Gasteiger charge is -2.20. The molecule has 0 aliphatic heterocycles. The van der Waals surface area contributed by atoms with E-state index < -0.39 is 0 Å². The summed E-state index contributed by atoms with van der Waals surface area (Å²) < 4.78 is 5.36. The van der Waals surface area contributed by atoms with Crippen LogP contribution >= 0.6 is 0 Å². The van der Waals surface area contributed by atoms with Crippen LogP contribution < -0.4 is 4.74 Å². The largest absolute Gasteiger partial charge is 0.507 e. The van der Waals surface area contributed by atoms with Crippen LogP contribution in [0.2, 0.25) is 0 Å². The smallest absolute Gasteiger partial charge is 0.196 e. The fraction of sp³-hybridized carbons (Fsp3) is 0.316.